The highest BCUT2D eigenvalue weighted by atomic mass is 16.6. The van der Waals surface area contributed by atoms with E-state index in [0.717, 1.165) is 5.56 Å². The number of ether oxygens (including phenoxy) is 1. The number of hydrogen-bond acceptors (Lipinski definition) is 4. The molecule has 72 valence electrons. The van der Waals surface area contributed by atoms with E-state index in [-0.39, 0.29) is 11.9 Å². The molecule has 0 aliphatic heterocycles. The zero-order chi connectivity index (χ0) is 9.84. The Morgan fingerprint density at radius 2 is 2.15 bits per heavy atom. The standard InChI is InChI=1S/C9H13NO3/c1-6(13-10)8-4-3-7(11)5-9(8)12-2/h3-6,11H,10H2,1-2H3. The molecule has 0 fully saturated rings. The Morgan fingerprint density at radius 1 is 1.46 bits per heavy atom. The zero-order valence-electron chi connectivity index (χ0n) is 7.65. The summed E-state index contributed by atoms with van der Waals surface area (Å²) in [7, 11) is 1.53. The Hall–Kier alpha value is -1.26. The maximum absolute atomic E-state index is 9.17. The van der Waals surface area contributed by atoms with E-state index in [2.05, 4.69) is 4.84 Å². The molecule has 0 radical (unpaired) electrons. The molecule has 4 nitrogen and oxygen atoms in total. The summed E-state index contributed by atoms with van der Waals surface area (Å²) >= 11 is 0. The number of rotatable bonds is 3. The van der Waals surface area contributed by atoms with Gasteiger partial charge in [-0.25, -0.2) is 5.90 Å². The first-order valence-electron chi connectivity index (χ1n) is 3.91. The van der Waals surface area contributed by atoms with Crippen molar-refractivity contribution in [2.24, 2.45) is 5.90 Å². The number of aromatic hydroxyl groups is 1. The van der Waals surface area contributed by atoms with Crippen LogP contribution in [0.25, 0.3) is 0 Å². The van der Waals surface area contributed by atoms with Gasteiger partial charge in [-0.05, 0) is 19.1 Å². The van der Waals surface area contributed by atoms with Gasteiger partial charge in [0.1, 0.15) is 17.6 Å². The highest BCUT2D eigenvalue weighted by molar-refractivity contribution is 5.41. The molecule has 0 aromatic heterocycles. The Morgan fingerprint density at radius 3 is 2.69 bits per heavy atom. The van der Waals surface area contributed by atoms with Crippen molar-refractivity contribution in [1.82, 2.24) is 0 Å². The lowest BCUT2D eigenvalue weighted by Gasteiger charge is -2.13. The van der Waals surface area contributed by atoms with E-state index >= 15 is 0 Å². The van der Waals surface area contributed by atoms with Crippen LogP contribution in [0.5, 0.6) is 11.5 Å². The molecular weight excluding hydrogens is 170 g/mol. The SMILES string of the molecule is COc1cc(O)ccc1C(C)ON. The van der Waals surface area contributed by atoms with Crippen molar-refractivity contribution in [1.29, 1.82) is 0 Å². The summed E-state index contributed by atoms with van der Waals surface area (Å²) in [5.41, 5.74) is 0.808. The smallest absolute Gasteiger partial charge is 0.128 e. The molecule has 1 unspecified atom stereocenters. The Labute approximate surface area is 76.8 Å². The molecule has 1 aromatic rings. The molecular formula is C9H13NO3. The van der Waals surface area contributed by atoms with Crippen LogP contribution in [-0.4, -0.2) is 12.2 Å². The Bertz CT molecular complexity index is 288. The second kappa shape index (κ2) is 4.11. The van der Waals surface area contributed by atoms with Crippen LogP contribution in [0, 0.1) is 0 Å². The van der Waals surface area contributed by atoms with Crippen molar-refractivity contribution in [3.8, 4) is 11.5 Å². The van der Waals surface area contributed by atoms with Crippen molar-refractivity contribution in [3.05, 3.63) is 23.8 Å². The summed E-state index contributed by atoms with van der Waals surface area (Å²) in [6, 6.07) is 4.80. The molecule has 1 atom stereocenters. The summed E-state index contributed by atoms with van der Waals surface area (Å²) in [6.07, 6.45) is -0.254. The van der Waals surface area contributed by atoms with Crippen molar-refractivity contribution in [2.75, 3.05) is 7.11 Å². The number of hydrogen-bond donors (Lipinski definition) is 2. The van der Waals surface area contributed by atoms with Crippen LogP contribution in [0.15, 0.2) is 18.2 Å². The first-order valence-corrected chi connectivity index (χ1v) is 3.91. The fourth-order valence-electron chi connectivity index (χ4n) is 1.11. The molecule has 1 rings (SSSR count). The highest BCUT2D eigenvalue weighted by Crippen LogP contribution is 2.29. The molecule has 0 bridgehead atoms. The summed E-state index contributed by atoms with van der Waals surface area (Å²) in [5, 5.41) is 9.17. The molecule has 0 spiro atoms. The molecule has 4 heteroatoms. The highest BCUT2D eigenvalue weighted by Gasteiger charge is 2.11. The van der Waals surface area contributed by atoms with Crippen molar-refractivity contribution in [2.45, 2.75) is 13.0 Å². The van der Waals surface area contributed by atoms with Crippen LogP contribution < -0.4 is 10.6 Å². The molecule has 0 aliphatic rings. The number of methoxy groups -OCH3 is 1. The third-order valence-corrected chi connectivity index (χ3v) is 1.86. The lowest BCUT2D eigenvalue weighted by molar-refractivity contribution is 0.0645. The topological polar surface area (TPSA) is 64.7 Å². The fourth-order valence-corrected chi connectivity index (χ4v) is 1.11. The van der Waals surface area contributed by atoms with Crippen LogP contribution in [-0.2, 0) is 4.84 Å². The largest absolute Gasteiger partial charge is 0.508 e. The van der Waals surface area contributed by atoms with Crippen LogP contribution in [0.1, 0.15) is 18.6 Å². The summed E-state index contributed by atoms with van der Waals surface area (Å²) in [5.74, 6) is 5.77. The van der Waals surface area contributed by atoms with E-state index in [0.29, 0.717) is 5.75 Å². The number of nitrogens with two attached hydrogens (primary N) is 1. The van der Waals surface area contributed by atoms with Crippen LogP contribution in [0.2, 0.25) is 0 Å². The average Bonchev–Trinajstić information content (AvgIpc) is 2.16. The molecule has 3 N–H and O–H groups in total. The minimum Gasteiger partial charge on any atom is -0.508 e. The lowest BCUT2D eigenvalue weighted by atomic mass is 10.1. The van der Waals surface area contributed by atoms with Gasteiger partial charge < -0.3 is 9.84 Å². The summed E-state index contributed by atoms with van der Waals surface area (Å²) in [4.78, 5) is 4.66. The van der Waals surface area contributed by atoms with Crippen LogP contribution in [0.4, 0.5) is 0 Å². The fraction of sp³-hybridized carbons (Fsp3) is 0.333. The third-order valence-electron chi connectivity index (χ3n) is 1.86. The van der Waals surface area contributed by atoms with Crippen molar-refractivity contribution in [3.63, 3.8) is 0 Å². The Balaban J connectivity index is 3.05. The predicted octanol–water partition coefficient (Wildman–Crippen LogP) is 1.35. The minimum absolute atomic E-state index is 0.157. The van der Waals surface area contributed by atoms with E-state index in [1.807, 2.05) is 0 Å². The minimum atomic E-state index is -0.254. The van der Waals surface area contributed by atoms with Crippen molar-refractivity contribution < 1.29 is 14.7 Å². The van der Waals surface area contributed by atoms with E-state index < -0.39 is 0 Å². The second-order valence-electron chi connectivity index (χ2n) is 2.70. The molecule has 0 heterocycles. The molecule has 0 saturated carbocycles. The van der Waals surface area contributed by atoms with Gasteiger partial charge in [-0.2, -0.15) is 0 Å². The van der Waals surface area contributed by atoms with Gasteiger partial charge >= 0.3 is 0 Å². The van der Waals surface area contributed by atoms with Gasteiger partial charge in [0.2, 0.25) is 0 Å². The van der Waals surface area contributed by atoms with Gasteiger partial charge in [0.05, 0.1) is 7.11 Å². The molecule has 0 saturated heterocycles. The lowest BCUT2D eigenvalue weighted by Crippen LogP contribution is -2.06. The van der Waals surface area contributed by atoms with Gasteiger partial charge in [0.25, 0.3) is 0 Å². The Kier molecular flexibility index (Phi) is 3.11. The predicted molar refractivity (Wildman–Crippen MR) is 48.3 cm³/mol. The van der Waals surface area contributed by atoms with E-state index in [4.69, 9.17) is 10.6 Å². The van der Waals surface area contributed by atoms with Gasteiger partial charge in [0, 0.05) is 11.6 Å². The molecule has 0 amide bonds. The van der Waals surface area contributed by atoms with Gasteiger partial charge in [0.15, 0.2) is 0 Å². The molecule has 0 aliphatic carbocycles. The molecule has 1 aromatic carbocycles. The number of phenolic OH excluding ortho intramolecular Hbond substituents is 1. The first kappa shape index (κ1) is 9.83. The maximum atomic E-state index is 9.17. The summed E-state index contributed by atoms with van der Waals surface area (Å²) < 4.78 is 5.05. The van der Waals surface area contributed by atoms with Gasteiger partial charge in [-0.3, -0.25) is 4.84 Å². The molecule has 13 heavy (non-hydrogen) atoms. The van der Waals surface area contributed by atoms with Crippen LogP contribution >= 0.6 is 0 Å². The van der Waals surface area contributed by atoms with E-state index in [1.165, 1.54) is 13.2 Å². The van der Waals surface area contributed by atoms with Gasteiger partial charge in [-0.1, -0.05) is 0 Å². The van der Waals surface area contributed by atoms with Gasteiger partial charge in [-0.15, -0.1) is 0 Å². The monoisotopic (exact) mass is 183 g/mol. The normalized spacial score (nSPS) is 12.5. The third kappa shape index (κ3) is 2.11. The maximum Gasteiger partial charge on any atom is 0.128 e. The quantitative estimate of drug-likeness (QED) is 0.694. The number of benzene rings is 1. The second-order valence-corrected chi connectivity index (χ2v) is 2.70. The van der Waals surface area contributed by atoms with E-state index in [9.17, 15) is 5.11 Å². The van der Waals surface area contributed by atoms with Crippen LogP contribution in [0.3, 0.4) is 0 Å². The number of phenols is 1. The van der Waals surface area contributed by atoms with Crippen molar-refractivity contribution >= 4 is 0 Å². The van der Waals surface area contributed by atoms with E-state index in [1.54, 1.807) is 19.1 Å². The first-order chi connectivity index (χ1) is 6.19. The zero-order valence-corrected chi connectivity index (χ0v) is 7.65. The average molecular weight is 183 g/mol. The summed E-state index contributed by atoms with van der Waals surface area (Å²) in [6.45, 7) is 1.80.